The second kappa shape index (κ2) is 7.33. The van der Waals surface area contributed by atoms with Crippen molar-refractivity contribution in [3.05, 3.63) is 28.8 Å². The summed E-state index contributed by atoms with van der Waals surface area (Å²) >= 11 is 5.94. The number of halogens is 1. The molecule has 2 aliphatic rings. The van der Waals surface area contributed by atoms with Crippen molar-refractivity contribution in [2.24, 2.45) is 0 Å². The lowest BCUT2D eigenvalue weighted by Crippen LogP contribution is -2.59. The summed E-state index contributed by atoms with van der Waals surface area (Å²) < 4.78 is 0. The van der Waals surface area contributed by atoms with Crippen LogP contribution in [0.15, 0.2) is 18.2 Å². The number of carboxylic acid groups (broad SMARTS) is 1. The van der Waals surface area contributed by atoms with Gasteiger partial charge in [-0.05, 0) is 24.6 Å². The molecule has 9 heteroatoms. The van der Waals surface area contributed by atoms with Gasteiger partial charge in [0.2, 0.25) is 11.8 Å². The van der Waals surface area contributed by atoms with E-state index in [9.17, 15) is 19.2 Å². The molecular weight excluding hydrogens is 362 g/mol. The van der Waals surface area contributed by atoms with Gasteiger partial charge in [0.05, 0.1) is 17.8 Å². The van der Waals surface area contributed by atoms with E-state index < -0.39 is 12.0 Å². The van der Waals surface area contributed by atoms with Crippen LogP contribution in [0.25, 0.3) is 0 Å². The lowest BCUT2D eigenvalue weighted by atomic mass is 10.1. The summed E-state index contributed by atoms with van der Waals surface area (Å²) in [5, 5.41) is 11.8. The van der Waals surface area contributed by atoms with E-state index >= 15 is 0 Å². The van der Waals surface area contributed by atoms with Crippen LogP contribution < -0.4 is 5.32 Å². The van der Waals surface area contributed by atoms with Gasteiger partial charge in [0.15, 0.2) is 0 Å². The van der Waals surface area contributed by atoms with E-state index in [2.05, 4.69) is 5.32 Å². The fourth-order valence-corrected chi connectivity index (χ4v) is 3.38. The van der Waals surface area contributed by atoms with Crippen molar-refractivity contribution < 1.29 is 24.3 Å². The third-order valence-electron chi connectivity index (χ3n) is 4.55. The summed E-state index contributed by atoms with van der Waals surface area (Å²) in [6.07, 6.45) is 0.267. The molecule has 2 heterocycles. The maximum Gasteiger partial charge on any atom is 0.303 e. The van der Waals surface area contributed by atoms with Crippen molar-refractivity contribution in [2.45, 2.75) is 25.3 Å². The Morgan fingerprint density at radius 3 is 2.73 bits per heavy atom. The zero-order chi connectivity index (χ0) is 18.8. The molecule has 1 aromatic carbocycles. The molecule has 8 nitrogen and oxygen atoms in total. The Bertz CT molecular complexity index is 782. The van der Waals surface area contributed by atoms with Crippen LogP contribution in [-0.4, -0.2) is 64.3 Å². The van der Waals surface area contributed by atoms with Crippen molar-refractivity contribution in [1.82, 2.24) is 9.80 Å². The SMILES string of the molecule is O=C(O)CCCC(=O)N1CCN2C(=O)c3ccc(Cl)cc3NC(=O)C2C1. The summed E-state index contributed by atoms with van der Waals surface area (Å²) in [5.74, 6) is -1.82. The predicted molar refractivity (Wildman–Crippen MR) is 93.0 cm³/mol. The molecule has 3 amide bonds. The summed E-state index contributed by atoms with van der Waals surface area (Å²) in [4.78, 5) is 51.2. The average Bonchev–Trinajstić information content (AvgIpc) is 2.69. The smallest absolute Gasteiger partial charge is 0.303 e. The lowest BCUT2D eigenvalue weighted by molar-refractivity contribution is -0.137. The highest BCUT2D eigenvalue weighted by Crippen LogP contribution is 2.28. The molecular formula is C17H18ClN3O5. The summed E-state index contributed by atoms with van der Waals surface area (Å²) in [5.41, 5.74) is 0.729. The first-order chi connectivity index (χ1) is 12.4. The number of benzene rings is 1. The summed E-state index contributed by atoms with van der Waals surface area (Å²) in [7, 11) is 0. The highest BCUT2D eigenvalue weighted by Gasteiger charge is 2.40. The third-order valence-corrected chi connectivity index (χ3v) is 4.78. The second-order valence-corrected chi connectivity index (χ2v) is 6.72. The first kappa shape index (κ1) is 18.2. The quantitative estimate of drug-likeness (QED) is 0.817. The van der Waals surface area contributed by atoms with Gasteiger partial charge in [0.25, 0.3) is 5.91 Å². The fourth-order valence-electron chi connectivity index (χ4n) is 3.20. The summed E-state index contributed by atoms with van der Waals surface area (Å²) in [6.45, 7) is 0.638. The highest BCUT2D eigenvalue weighted by molar-refractivity contribution is 6.31. The number of carbonyl (C=O) groups excluding carboxylic acids is 3. The van der Waals surface area contributed by atoms with Crippen LogP contribution in [0.5, 0.6) is 0 Å². The van der Waals surface area contributed by atoms with Crippen LogP contribution in [0, 0.1) is 0 Å². The number of piperazine rings is 1. The van der Waals surface area contributed by atoms with Gasteiger partial charge >= 0.3 is 5.97 Å². The van der Waals surface area contributed by atoms with E-state index in [4.69, 9.17) is 16.7 Å². The zero-order valence-electron chi connectivity index (χ0n) is 13.9. The maximum absolute atomic E-state index is 12.8. The normalized spacial score (nSPS) is 19.3. The van der Waals surface area contributed by atoms with Crippen LogP contribution >= 0.6 is 11.6 Å². The Labute approximate surface area is 154 Å². The molecule has 1 unspecified atom stereocenters. The number of hydrogen-bond acceptors (Lipinski definition) is 4. The Hall–Kier alpha value is -2.61. The Balaban J connectivity index is 1.73. The molecule has 1 aromatic rings. The molecule has 1 atom stereocenters. The monoisotopic (exact) mass is 379 g/mol. The van der Waals surface area contributed by atoms with E-state index in [1.165, 1.54) is 15.9 Å². The number of fused-ring (bicyclic) bond motifs is 2. The third kappa shape index (κ3) is 3.65. The van der Waals surface area contributed by atoms with Crippen LogP contribution in [0.4, 0.5) is 5.69 Å². The predicted octanol–water partition coefficient (Wildman–Crippen LogP) is 1.20. The highest BCUT2D eigenvalue weighted by atomic mass is 35.5. The fraction of sp³-hybridized carbons (Fsp3) is 0.412. The number of rotatable bonds is 4. The Kier molecular flexibility index (Phi) is 5.13. The molecule has 1 saturated heterocycles. The van der Waals surface area contributed by atoms with Crippen molar-refractivity contribution >= 4 is 41.0 Å². The van der Waals surface area contributed by atoms with E-state index in [-0.39, 0.29) is 50.1 Å². The first-order valence-electron chi connectivity index (χ1n) is 8.28. The molecule has 1 fully saturated rings. The molecule has 26 heavy (non-hydrogen) atoms. The van der Waals surface area contributed by atoms with Crippen molar-refractivity contribution in [2.75, 3.05) is 25.0 Å². The van der Waals surface area contributed by atoms with E-state index in [1.807, 2.05) is 0 Å². The molecule has 2 aliphatic heterocycles. The number of hydrogen-bond donors (Lipinski definition) is 2. The molecule has 0 saturated carbocycles. The van der Waals surface area contributed by atoms with Gasteiger partial charge in [0, 0.05) is 31.0 Å². The molecule has 0 aliphatic carbocycles. The molecule has 2 N–H and O–H groups in total. The zero-order valence-corrected chi connectivity index (χ0v) is 14.7. The number of amides is 3. The molecule has 0 aromatic heterocycles. The minimum absolute atomic E-state index is 0.0792. The maximum atomic E-state index is 12.8. The van der Waals surface area contributed by atoms with Crippen LogP contribution in [-0.2, 0) is 14.4 Å². The molecule has 0 radical (unpaired) electrons. The number of nitrogens with one attached hydrogen (secondary N) is 1. The standard InChI is InChI=1S/C17H18ClN3O5/c18-10-4-5-11-12(8-10)19-16(25)13-9-20(6-7-21(13)17(11)26)14(22)2-1-3-15(23)24/h4-5,8,13H,1-3,6-7,9H2,(H,19,25)(H,23,24). The van der Waals surface area contributed by atoms with E-state index in [1.54, 1.807) is 12.1 Å². The van der Waals surface area contributed by atoms with Gasteiger partial charge in [-0.1, -0.05) is 11.6 Å². The van der Waals surface area contributed by atoms with E-state index in [0.29, 0.717) is 22.8 Å². The van der Waals surface area contributed by atoms with E-state index in [0.717, 1.165) is 0 Å². The summed E-state index contributed by atoms with van der Waals surface area (Å²) in [6, 6.07) is 3.91. The van der Waals surface area contributed by atoms with Crippen molar-refractivity contribution in [3.63, 3.8) is 0 Å². The number of aliphatic carboxylic acids is 1. The molecule has 0 bridgehead atoms. The first-order valence-corrected chi connectivity index (χ1v) is 8.65. The number of anilines is 1. The second-order valence-electron chi connectivity index (χ2n) is 6.28. The Morgan fingerprint density at radius 1 is 1.23 bits per heavy atom. The van der Waals surface area contributed by atoms with Crippen molar-refractivity contribution in [3.8, 4) is 0 Å². The van der Waals surface area contributed by atoms with Crippen LogP contribution in [0.1, 0.15) is 29.6 Å². The number of nitrogens with zero attached hydrogens (tertiary/aromatic N) is 2. The van der Waals surface area contributed by atoms with Gasteiger partial charge in [0.1, 0.15) is 6.04 Å². The topological polar surface area (TPSA) is 107 Å². The molecule has 138 valence electrons. The lowest BCUT2D eigenvalue weighted by Gasteiger charge is -2.39. The minimum Gasteiger partial charge on any atom is -0.481 e. The van der Waals surface area contributed by atoms with Gasteiger partial charge < -0.3 is 20.2 Å². The van der Waals surface area contributed by atoms with Crippen molar-refractivity contribution in [1.29, 1.82) is 0 Å². The molecule has 0 spiro atoms. The molecule has 3 rings (SSSR count). The van der Waals surface area contributed by atoms with Gasteiger partial charge in [-0.2, -0.15) is 0 Å². The van der Waals surface area contributed by atoms with Gasteiger partial charge in [-0.25, -0.2) is 0 Å². The minimum atomic E-state index is -0.951. The largest absolute Gasteiger partial charge is 0.481 e. The van der Waals surface area contributed by atoms with Crippen LogP contribution in [0.2, 0.25) is 5.02 Å². The number of carboxylic acids is 1. The average molecular weight is 380 g/mol. The number of carbonyl (C=O) groups is 4. The van der Waals surface area contributed by atoms with Gasteiger partial charge in [-0.3, -0.25) is 19.2 Å². The van der Waals surface area contributed by atoms with Gasteiger partial charge in [-0.15, -0.1) is 0 Å². The van der Waals surface area contributed by atoms with Crippen LogP contribution in [0.3, 0.4) is 0 Å². The Morgan fingerprint density at radius 2 is 2.00 bits per heavy atom.